The van der Waals surface area contributed by atoms with Crippen LogP contribution in [0.3, 0.4) is 0 Å². The first-order valence-corrected chi connectivity index (χ1v) is 35.1. The van der Waals surface area contributed by atoms with E-state index in [1.807, 2.05) is 0 Å². The zero-order chi connectivity index (χ0) is 82.6. The van der Waals surface area contributed by atoms with Crippen molar-refractivity contribution in [2.24, 2.45) is 0 Å². The summed E-state index contributed by atoms with van der Waals surface area (Å²) in [6, 6.07) is 0. The minimum absolute atomic E-state index is 0.153. The van der Waals surface area contributed by atoms with Gasteiger partial charge in [0.05, 0.1) is 139 Å². The average Bonchev–Trinajstić information content (AvgIpc) is 0.877. The average molecular weight is 1550 g/mol. The molecule has 0 aliphatic heterocycles. The summed E-state index contributed by atoms with van der Waals surface area (Å²) >= 11 is 0. The number of carbonyl (C=O) groups is 2. The number of hydrogen-bond acceptors (Lipinski definition) is 38. The summed E-state index contributed by atoms with van der Waals surface area (Å²) in [7, 11) is 0. The molecule has 0 aromatic rings. The summed E-state index contributed by atoms with van der Waals surface area (Å²) < 4.78 is 10.6. The van der Waals surface area contributed by atoms with Crippen LogP contribution in [0.15, 0.2) is 12.2 Å². The molecular formula is C66H148O38. The number of carbonyl (C=O) groups excluding carboxylic acids is 2. The number of hydrogen-bond donors (Lipinski definition) is 34. The molecule has 0 saturated heterocycles. The minimum Gasteiger partial charge on any atom is -0.462 e. The van der Waals surface area contributed by atoms with E-state index in [0.717, 1.165) is 51.4 Å². The van der Waals surface area contributed by atoms with Crippen LogP contribution in [0, 0.1) is 0 Å². The van der Waals surface area contributed by atoms with Gasteiger partial charge >= 0.3 is 11.9 Å². The van der Waals surface area contributed by atoms with Crippen molar-refractivity contribution in [3.63, 3.8) is 0 Å². The van der Waals surface area contributed by atoms with Crippen LogP contribution in [-0.2, 0) is 19.1 Å². The van der Waals surface area contributed by atoms with Gasteiger partial charge in [-0.05, 0) is 38.5 Å². The molecule has 38 heteroatoms. The van der Waals surface area contributed by atoms with Gasteiger partial charge < -0.3 is 183 Å². The fourth-order valence-electron chi connectivity index (χ4n) is 5.73. The molecule has 0 radical (unpaired) electrons. The third-order valence-electron chi connectivity index (χ3n) is 12.3. The quantitative estimate of drug-likeness (QED) is 0.0153. The fourth-order valence-corrected chi connectivity index (χ4v) is 5.73. The third-order valence-corrected chi connectivity index (χ3v) is 12.3. The summed E-state index contributed by atoms with van der Waals surface area (Å²) in [5, 5.41) is 280. The molecule has 0 spiro atoms. The predicted molar refractivity (Wildman–Crippen MR) is 379 cm³/mol. The van der Waals surface area contributed by atoms with Crippen LogP contribution < -0.4 is 0 Å². The third kappa shape index (κ3) is 123. The van der Waals surface area contributed by atoms with Crippen LogP contribution in [0.1, 0.15) is 168 Å². The van der Waals surface area contributed by atoms with E-state index in [4.69, 9.17) is 168 Å². The standard InChI is InChI=1S/C36H68O8.10C3H8O3/c1-3-5-7-9-11-13-14-15-16-17-18-20-21-23-25-27-33(39)43-30-32(36(42)35(41)31(38)29-37)44-34(40)28-26-24-22-19-12-10-8-6-4-2;10*4-1-3(6)2-5/h15-16,31-32,35-38,41-42H,3-14,17-30H2,1-2H3;10*3-6H,1-2H2/b16-15-;;;;;;;;;;/t31-,32+,35-,36-;;;;;;;;;;/m1........../s1. The van der Waals surface area contributed by atoms with Gasteiger partial charge in [-0.1, -0.05) is 129 Å². The SMILES string of the molecule is CCCCCCCC/C=C\CCCCCCCC(=O)OC[C@H](OC(=O)CCCCCCCCCCC)[C@@H](O)[C@H](O)[C@H](O)CO.OCC(O)CO.OCC(O)CO.OCC(O)CO.OCC(O)CO.OCC(O)CO.OCC(O)CO.OCC(O)CO.OCC(O)CO.OCC(O)CO.OCC(O)CO. The lowest BCUT2D eigenvalue weighted by atomic mass is 10.0. The molecule has 4 atom stereocenters. The highest BCUT2D eigenvalue weighted by Crippen LogP contribution is 2.16. The Morgan fingerprint density at radius 1 is 0.250 bits per heavy atom. The summed E-state index contributed by atoms with van der Waals surface area (Å²) in [5.74, 6) is -1.03. The number of ether oxygens (including phenoxy) is 2. The van der Waals surface area contributed by atoms with Gasteiger partial charge in [-0.25, -0.2) is 0 Å². The van der Waals surface area contributed by atoms with Crippen LogP contribution in [0.5, 0.6) is 0 Å². The van der Waals surface area contributed by atoms with E-state index in [1.165, 1.54) is 77.0 Å². The number of esters is 2. The number of unbranched alkanes of at least 4 members (excludes halogenated alkanes) is 19. The molecule has 104 heavy (non-hydrogen) atoms. The van der Waals surface area contributed by atoms with Gasteiger partial charge in [-0.15, -0.1) is 0 Å². The van der Waals surface area contributed by atoms with E-state index >= 15 is 0 Å². The van der Waals surface area contributed by atoms with Crippen molar-refractivity contribution in [2.45, 2.75) is 253 Å². The molecular weight excluding hydrogens is 1400 g/mol. The van der Waals surface area contributed by atoms with E-state index in [-0.39, 0.29) is 145 Å². The molecule has 38 nitrogen and oxygen atoms in total. The molecule has 0 heterocycles. The molecule has 0 aromatic heterocycles. The monoisotopic (exact) mass is 1550 g/mol. The number of allylic oxidation sites excluding steroid dienone is 2. The Morgan fingerprint density at radius 2 is 0.442 bits per heavy atom. The second kappa shape index (κ2) is 109. The largest absolute Gasteiger partial charge is 0.462 e. The van der Waals surface area contributed by atoms with Gasteiger partial charge in [0.2, 0.25) is 0 Å². The Morgan fingerprint density at radius 3 is 0.635 bits per heavy atom. The van der Waals surface area contributed by atoms with Crippen LogP contribution in [0.4, 0.5) is 0 Å². The second-order valence-corrected chi connectivity index (χ2v) is 22.5. The lowest BCUT2D eigenvalue weighted by Crippen LogP contribution is -2.49. The topological polar surface area (TPSA) is 740 Å². The van der Waals surface area contributed by atoms with Crippen molar-refractivity contribution in [1.29, 1.82) is 0 Å². The maximum atomic E-state index is 12.4. The fraction of sp³-hybridized carbons (Fsp3) is 0.939. The highest BCUT2D eigenvalue weighted by atomic mass is 16.6. The molecule has 34 N–H and O–H groups in total. The smallest absolute Gasteiger partial charge is 0.306 e. The molecule has 0 aliphatic rings. The van der Waals surface area contributed by atoms with Gasteiger partial charge in [-0.3, -0.25) is 9.59 Å². The first-order valence-electron chi connectivity index (χ1n) is 35.1. The number of aliphatic hydroxyl groups excluding tert-OH is 34. The minimum atomic E-state index is -1.75. The maximum absolute atomic E-state index is 12.4. The van der Waals surface area contributed by atoms with Crippen molar-refractivity contribution >= 4 is 11.9 Å². The summed E-state index contributed by atoms with van der Waals surface area (Å²) in [4.78, 5) is 24.7. The first-order chi connectivity index (χ1) is 49.4. The van der Waals surface area contributed by atoms with Gasteiger partial charge in [0, 0.05) is 12.8 Å². The van der Waals surface area contributed by atoms with Crippen molar-refractivity contribution in [1.82, 2.24) is 0 Å². The number of rotatable bonds is 52. The van der Waals surface area contributed by atoms with Crippen molar-refractivity contribution in [3.8, 4) is 0 Å². The Bertz CT molecular complexity index is 1320. The van der Waals surface area contributed by atoms with E-state index < -0.39 is 111 Å². The van der Waals surface area contributed by atoms with Crippen LogP contribution in [0.2, 0.25) is 0 Å². The molecule has 0 unspecified atom stereocenters. The summed E-state index contributed by atoms with van der Waals surface area (Å²) in [6.45, 7) is -4.05. The van der Waals surface area contributed by atoms with E-state index in [1.54, 1.807) is 0 Å². The maximum Gasteiger partial charge on any atom is 0.306 e. The lowest BCUT2D eigenvalue weighted by molar-refractivity contribution is -0.178. The summed E-state index contributed by atoms with van der Waals surface area (Å²) in [6.07, 6.45) is 14.1. The molecule has 0 aromatic carbocycles. The van der Waals surface area contributed by atoms with Crippen LogP contribution in [-0.4, -0.2) is 416 Å². The van der Waals surface area contributed by atoms with E-state index in [2.05, 4.69) is 26.0 Å². The van der Waals surface area contributed by atoms with Crippen molar-refractivity contribution in [2.75, 3.05) is 145 Å². The molecule has 0 saturated carbocycles. The Labute approximate surface area is 613 Å². The van der Waals surface area contributed by atoms with Gasteiger partial charge in [-0.2, -0.15) is 0 Å². The van der Waals surface area contributed by atoms with Crippen molar-refractivity contribution < 1.29 is 193 Å². The molecule has 0 bridgehead atoms. The highest BCUT2D eigenvalue weighted by molar-refractivity contribution is 5.70. The van der Waals surface area contributed by atoms with Crippen molar-refractivity contribution in [3.05, 3.63) is 12.2 Å². The molecule has 0 fully saturated rings. The molecule has 0 rings (SSSR count). The predicted octanol–water partition coefficient (Wildman–Crippen LogP) is -9.21. The Hall–Kier alpha value is -2.68. The van der Waals surface area contributed by atoms with Crippen LogP contribution in [0.25, 0.3) is 0 Å². The zero-order valence-electron chi connectivity index (χ0n) is 61.6. The molecule has 0 aliphatic carbocycles. The van der Waals surface area contributed by atoms with Gasteiger partial charge in [0.1, 0.15) is 86.0 Å². The number of aliphatic hydroxyl groups is 34. The van der Waals surface area contributed by atoms with Gasteiger partial charge in [0.25, 0.3) is 0 Å². The van der Waals surface area contributed by atoms with Gasteiger partial charge in [0.15, 0.2) is 6.10 Å². The Balaban J connectivity index is -0.000000127. The molecule has 0 amide bonds. The lowest BCUT2D eigenvalue weighted by Gasteiger charge is -2.28. The normalized spacial score (nSPS) is 11.9. The van der Waals surface area contributed by atoms with E-state index in [9.17, 15) is 24.9 Å². The molecule has 640 valence electrons. The zero-order valence-corrected chi connectivity index (χ0v) is 61.6. The first kappa shape index (κ1) is 125. The second-order valence-electron chi connectivity index (χ2n) is 22.5. The van der Waals surface area contributed by atoms with E-state index in [0.29, 0.717) is 12.8 Å². The van der Waals surface area contributed by atoms with Crippen LogP contribution >= 0.6 is 0 Å². The highest BCUT2D eigenvalue weighted by Gasteiger charge is 2.34. The summed E-state index contributed by atoms with van der Waals surface area (Å²) in [5.41, 5.74) is 0. The Kier molecular flexibility index (Phi) is 131.